The average molecular weight is 263 g/mol. The lowest BCUT2D eigenvalue weighted by molar-refractivity contribution is 0.185. The van der Waals surface area contributed by atoms with E-state index in [0.717, 1.165) is 37.4 Å². The predicted molar refractivity (Wildman–Crippen MR) is 79.4 cm³/mol. The molecule has 0 saturated carbocycles. The Morgan fingerprint density at radius 3 is 2.37 bits per heavy atom. The highest BCUT2D eigenvalue weighted by Crippen LogP contribution is 2.27. The Bertz CT molecular complexity index is 400. The highest BCUT2D eigenvalue weighted by atomic mass is 16.3. The molecule has 1 aromatic carbocycles. The number of anilines is 1. The predicted octanol–water partition coefficient (Wildman–Crippen LogP) is 1.21. The minimum Gasteiger partial charge on any atom is -0.387 e. The Kier molecular flexibility index (Phi) is 4.80. The second kappa shape index (κ2) is 6.37. The number of hydrogen-bond donors (Lipinski definition) is 2. The molecule has 1 heterocycles. The van der Waals surface area contributed by atoms with Crippen molar-refractivity contribution in [2.24, 2.45) is 5.73 Å². The summed E-state index contributed by atoms with van der Waals surface area (Å²) in [6, 6.07) is 8.65. The van der Waals surface area contributed by atoms with Gasteiger partial charge in [0, 0.05) is 50.0 Å². The Morgan fingerprint density at radius 2 is 1.79 bits per heavy atom. The molecule has 106 valence electrons. The average Bonchev–Trinajstić information content (AvgIpc) is 2.46. The fourth-order valence-electron chi connectivity index (χ4n) is 2.66. The summed E-state index contributed by atoms with van der Waals surface area (Å²) in [6.07, 6.45) is -0.570. The van der Waals surface area contributed by atoms with Gasteiger partial charge in [0.05, 0.1) is 6.10 Å². The lowest BCUT2D eigenvalue weighted by atomic mass is 10.1. The molecule has 1 saturated heterocycles. The zero-order valence-electron chi connectivity index (χ0n) is 11.9. The molecular weight excluding hydrogens is 238 g/mol. The molecule has 2 rings (SSSR count). The highest BCUT2D eigenvalue weighted by molar-refractivity contribution is 5.55. The standard InChI is InChI=1S/C15H25N3O/c1-12(2)17-7-9-18(10-8-17)14-6-4-3-5-13(14)15(19)11-16/h3-6,12,15,19H,7-11,16H2,1-2H3. The van der Waals surface area contributed by atoms with Crippen LogP contribution in [0.2, 0.25) is 0 Å². The van der Waals surface area contributed by atoms with Gasteiger partial charge in [-0.1, -0.05) is 18.2 Å². The maximum atomic E-state index is 10.0. The quantitative estimate of drug-likeness (QED) is 0.857. The summed E-state index contributed by atoms with van der Waals surface area (Å²) < 4.78 is 0. The van der Waals surface area contributed by atoms with Gasteiger partial charge in [-0.25, -0.2) is 0 Å². The van der Waals surface area contributed by atoms with Crippen molar-refractivity contribution >= 4 is 5.69 Å². The van der Waals surface area contributed by atoms with E-state index in [-0.39, 0.29) is 6.54 Å². The van der Waals surface area contributed by atoms with Gasteiger partial charge in [0.15, 0.2) is 0 Å². The lowest BCUT2D eigenvalue weighted by Gasteiger charge is -2.39. The zero-order chi connectivity index (χ0) is 13.8. The third-order valence-electron chi connectivity index (χ3n) is 3.90. The van der Waals surface area contributed by atoms with Crippen LogP contribution in [-0.2, 0) is 0 Å². The summed E-state index contributed by atoms with van der Waals surface area (Å²) in [5.41, 5.74) is 7.66. The molecule has 1 aromatic rings. The van der Waals surface area contributed by atoms with Gasteiger partial charge >= 0.3 is 0 Å². The number of piperazine rings is 1. The second-order valence-corrected chi connectivity index (χ2v) is 5.43. The summed E-state index contributed by atoms with van der Waals surface area (Å²) in [6.45, 7) is 8.90. The van der Waals surface area contributed by atoms with Gasteiger partial charge in [-0.3, -0.25) is 4.90 Å². The molecule has 4 heteroatoms. The summed E-state index contributed by atoms with van der Waals surface area (Å²) in [4.78, 5) is 4.84. The van der Waals surface area contributed by atoms with Crippen molar-refractivity contribution in [2.75, 3.05) is 37.6 Å². The first-order valence-electron chi connectivity index (χ1n) is 7.09. The number of rotatable bonds is 4. The molecule has 3 N–H and O–H groups in total. The van der Waals surface area contributed by atoms with Crippen LogP contribution in [-0.4, -0.2) is 48.8 Å². The van der Waals surface area contributed by atoms with E-state index >= 15 is 0 Å². The molecule has 1 atom stereocenters. The molecule has 4 nitrogen and oxygen atoms in total. The van der Waals surface area contributed by atoms with E-state index in [0.29, 0.717) is 6.04 Å². The van der Waals surface area contributed by atoms with Crippen LogP contribution in [0.15, 0.2) is 24.3 Å². The van der Waals surface area contributed by atoms with Gasteiger partial charge < -0.3 is 15.7 Å². The van der Waals surface area contributed by atoms with Crippen molar-refractivity contribution in [1.82, 2.24) is 4.90 Å². The molecular formula is C15H25N3O. The smallest absolute Gasteiger partial charge is 0.0932 e. The Labute approximate surface area is 115 Å². The molecule has 1 aliphatic rings. The molecule has 0 bridgehead atoms. The first-order chi connectivity index (χ1) is 9.13. The van der Waals surface area contributed by atoms with Gasteiger partial charge in [-0.05, 0) is 19.9 Å². The molecule has 1 unspecified atom stereocenters. The van der Waals surface area contributed by atoms with Crippen molar-refractivity contribution < 1.29 is 5.11 Å². The van der Waals surface area contributed by atoms with Crippen LogP contribution >= 0.6 is 0 Å². The molecule has 0 radical (unpaired) electrons. The van der Waals surface area contributed by atoms with Crippen molar-refractivity contribution in [3.8, 4) is 0 Å². The number of para-hydroxylation sites is 1. The number of nitrogens with two attached hydrogens (primary N) is 1. The van der Waals surface area contributed by atoms with Crippen LogP contribution in [0.25, 0.3) is 0 Å². The number of hydrogen-bond acceptors (Lipinski definition) is 4. The molecule has 1 aliphatic heterocycles. The largest absolute Gasteiger partial charge is 0.387 e. The van der Waals surface area contributed by atoms with E-state index in [9.17, 15) is 5.11 Å². The number of nitrogens with zero attached hydrogens (tertiary/aromatic N) is 2. The summed E-state index contributed by atoms with van der Waals surface area (Å²) in [7, 11) is 0. The van der Waals surface area contributed by atoms with E-state index in [4.69, 9.17) is 5.73 Å². The Hall–Kier alpha value is -1.10. The summed E-state index contributed by atoms with van der Waals surface area (Å²) in [5.74, 6) is 0. The number of aliphatic hydroxyl groups excluding tert-OH is 1. The number of aliphatic hydroxyl groups is 1. The molecule has 1 fully saturated rings. The van der Waals surface area contributed by atoms with E-state index in [2.05, 4.69) is 29.7 Å². The van der Waals surface area contributed by atoms with Gasteiger partial charge in [-0.15, -0.1) is 0 Å². The maximum Gasteiger partial charge on any atom is 0.0932 e. The fraction of sp³-hybridized carbons (Fsp3) is 0.600. The first kappa shape index (κ1) is 14.3. The second-order valence-electron chi connectivity index (χ2n) is 5.43. The SMILES string of the molecule is CC(C)N1CCN(c2ccccc2C(O)CN)CC1. The number of benzene rings is 1. The molecule has 0 aromatic heterocycles. The summed E-state index contributed by atoms with van der Waals surface area (Å²) in [5, 5.41) is 10.0. The van der Waals surface area contributed by atoms with Crippen LogP contribution in [0, 0.1) is 0 Å². The minimum atomic E-state index is -0.570. The summed E-state index contributed by atoms with van der Waals surface area (Å²) >= 11 is 0. The van der Waals surface area contributed by atoms with Gasteiger partial charge in [-0.2, -0.15) is 0 Å². The van der Waals surface area contributed by atoms with E-state index in [1.807, 2.05) is 18.2 Å². The van der Waals surface area contributed by atoms with Crippen LogP contribution in [0.3, 0.4) is 0 Å². The lowest BCUT2D eigenvalue weighted by Crippen LogP contribution is -2.49. The normalized spacial score (nSPS) is 18.9. The van der Waals surface area contributed by atoms with E-state index < -0.39 is 6.10 Å². The molecule has 0 amide bonds. The highest BCUT2D eigenvalue weighted by Gasteiger charge is 2.21. The first-order valence-corrected chi connectivity index (χ1v) is 7.09. The Morgan fingerprint density at radius 1 is 1.16 bits per heavy atom. The third-order valence-corrected chi connectivity index (χ3v) is 3.90. The van der Waals surface area contributed by atoms with E-state index in [1.165, 1.54) is 0 Å². The van der Waals surface area contributed by atoms with Crippen molar-refractivity contribution in [3.05, 3.63) is 29.8 Å². The van der Waals surface area contributed by atoms with Crippen LogP contribution in [0.5, 0.6) is 0 Å². The van der Waals surface area contributed by atoms with Crippen molar-refractivity contribution in [2.45, 2.75) is 26.0 Å². The Balaban J connectivity index is 2.11. The molecule has 19 heavy (non-hydrogen) atoms. The maximum absolute atomic E-state index is 10.0. The molecule has 0 spiro atoms. The monoisotopic (exact) mass is 263 g/mol. The van der Waals surface area contributed by atoms with E-state index in [1.54, 1.807) is 0 Å². The fourth-order valence-corrected chi connectivity index (χ4v) is 2.66. The van der Waals surface area contributed by atoms with Gasteiger partial charge in [0.1, 0.15) is 0 Å². The topological polar surface area (TPSA) is 52.7 Å². The zero-order valence-corrected chi connectivity index (χ0v) is 11.9. The third kappa shape index (κ3) is 3.26. The van der Waals surface area contributed by atoms with Crippen molar-refractivity contribution in [1.29, 1.82) is 0 Å². The molecule has 0 aliphatic carbocycles. The van der Waals surface area contributed by atoms with Gasteiger partial charge in [0.25, 0.3) is 0 Å². The van der Waals surface area contributed by atoms with Crippen LogP contribution < -0.4 is 10.6 Å². The van der Waals surface area contributed by atoms with Crippen LogP contribution in [0.1, 0.15) is 25.5 Å². The van der Waals surface area contributed by atoms with Gasteiger partial charge in [0.2, 0.25) is 0 Å². The minimum absolute atomic E-state index is 0.267. The van der Waals surface area contributed by atoms with Crippen LogP contribution in [0.4, 0.5) is 5.69 Å². The van der Waals surface area contributed by atoms with Crippen molar-refractivity contribution in [3.63, 3.8) is 0 Å².